The van der Waals surface area contributed by atoms with E-state index in [0.29, 0.717) is 26.2 Å². The van der Waals surface area contributed by atoms with Gasteiger partial charge in [0.15, 0.2) is 0 Å². The van der Waals surface area contributed by atoms with Gasteiger partial charge in [-0.25, -0.2) is 4.79 Å². The second-order valence-corrected chi connectivity index (χ2v) is 5.53. The van der Waals surface area contributed by atoms with Crippen LogP contribution in [0.15, 0.2) is 24.8 Å². The first-order valence-electron chi connectivity index (χ1n) is 5.93. The third-order valence-electron chi connectivity index (χ3n) is 1.81. The fourth-order valence-electron chi connectivity index (χ4n) is 1.03. The number of rotatable bonds is 10. The van der Waals surface area contributed by atoms with Crippen molar-refractivity contribution in [2.45, 2.75) is 27.2 Å². The molecule has 0 aromatic rings. The number of carbonyl (C=O) groups excluding carboxylic acids is 1. The topological polar surface area (TPSA) is 54.0 Å². The summed E-state index contributed by atoms with van der Waals surface area (Å²) >= 11 is 0. The van der Waals surface area contributed by atoms with Gasteiger partial charge in [-0.2, -0.15) is 0 Å². The third kappa shape index (κ3) is 6.11. The molecule has 0 atom stereocenters. The fourth-order valence-corrected chi connectivity index (χ4v) is 2.94. The summed E-state index contributed by atoms with van der Waals surface area (Å²) in [5.74, 6) is -0.567. The average Bonchev–Trinajstić information content (AvgIpc) is 2.29. The van der Waals surface area contributed by atoms with Crippen molar-refractivity contribution in [3.05, 3.63) is 24.8 Å². The predicted molar refractivity (Wildman–Crippen MR) is 70.7 cm³/mol. The summed E-state index contributed by atoms with van der Waals surface area (Å²) < 4.78 is 21.6. The summed E-state index contributed by atoms with van der Waals surface area (Å²) in [5.41, 5.74) is 0.276. The van der Waals surface area contributed by atoms with Crippen molar-refractivity contribution in [1.29, 1.82) is 0 Å². The number of hydrogen-bond acceptors (Lipinski definition) is 5. The Morgan fingerprint density at radius 2 is 1.78 bits per heavy atom. The molecular formula is C12H22O5Si. The predicted octanol–water partition coefficient (Wildman–Crippen LogP) is 2.21. The van der Waals surface area contributed by atoms with Gasteiger partial charge in [0.25, 0.3) is 0 Å². The number of carbonyl (C=O) groups is 1. The van der Waals surface area contributed by atoms with Gasteiger partial charge in [-0.1, -0.05) is 12.7 Å². The Labute approximate surface area is 110 Å². The highest BCUT2D eigenvalue weighted by Gasteiger charge is 2.49. The second kappa shape index (κ2) is 9.04. The minimum absolute atomic E-state index is 0.276. The maximum absolute atomic E-state index is 11.6. The lowest BCUT2D eigenvalue weighted by molar-refractivity contribution is -0.140. The molecule has 6 heteroatoms. The van der Waals surface area contributed by atoms with E-state index in [1.807, 2.05) is 0 Å². The molecule has 0 rings (SSSR count). The van der Waals surface area contributed by atoms with E-state index in [4.69, 9.17) is 17.7 Å². The SMILES string of the molecule is C=CCCO[Si](OCC)(OCC)OC(=O)C(=C)C. The van der Waals surface area contributed by atoms with Crippen molar-refractivity contribution in [2.75, 3.05) is 19.8 Å². The molecule has 0 saturated carbocycles. The summed E-state index contributed by atoms with van der Waals surface area (Å²) in [4.78, 5) is 11.6. The molecule has 0 radical (unpaired) electrons. The zero-order valence-corrected chi connectivity index (χ0v) is 12.4. The van der Waals surface area contributed by atoms with Gasteiger partial charge in [0.1, 0.15) is 0 Å². The normalized spacial score (nSPS) is 11.1. The molecule has 0 aliphatic carbocycles. The summed E-state index contributed by atoms with van der Waals surface area (Å²) in [5, 5.41) is 0. The molecule has 0 aliphatic rings. The van der Waals surface area contributed by atoms with Crippen LogP contribution in [0.5, 0.6) is 0 Å². The largest absolute Gasteiger partial charge is 0.751 e. The first-order valence-corrected chi connectivity index (χ1v) is 7.56. The van der Waals surface area contributed by atoms with Crippen molar-refractivity contribution in [2.24, 2.45) is 0 Å². The van der Waals surface area contributed by atoms with Crippen molar-refractivity contribution < 1.29 is 22.5 Å². The van der Waals surface area contributed by atoms with Gasteiger partial charge in [0.2, 0.25) is 0 Å². The van der Waals surface area contributed by atoms with E-state index in [-0.39, 0.29) is 5.57 Å². The Morgan fingerprint density at radius 1 is 1.22 bits per heavy atom. The lowest BCUT2D eigenvalue weighted by atomic mass is 10.4. The Bertz CT molecular complexity index is 284. The molecule has 0 saturated heterocycles. The Hall–Kier alpha value is -0.953. The van der Waals surface area contributed by atoms with Crippen LogP contribution >= 0.6 is 0 Å². The minimum atomic E-state index is -3.42. The van der Waals surface area contributed by atoms with Crippen LogP contribution in [-0.2, 0) is 22.5 Å². The molecule has 5 nitrogen and oxygen atoms in total. The van der Waals surface area contributed by atoms with Crippen LogP contribution in [0.2, 0.25) is 0 Å². The monoisotopic (exact) mass is 274 g/mol. The van der Waals surface area contributed by atoms with E-state index in [1.54, 1.807) is 26.8 Å². The van der Waals surface area contributed by atoms with Crippen LogP contribution in [-0.4, -0.2) is 34.8 Å². The summed E-state index contributed by atoms with van der Waals surface area (Å²) in [6, 6.07) is 0. The molecule has 0 spiro atoms. The lowest BCUT2D eigenvalue weighted by Gasteiger charge is -2.26. The van der Waals surface area contributed by atoms with Gasteiger partial charge in [-0.05, 0) is 27.2 Å². The van der Waals surface area contributed by atoms with Crippen molar-refractivity contribution in [1.82, 2.24) is 0 Å². The summed E-state index contributed by atoms with van der Waals surface area (Å²) in [7, 11) is -3.42. The highest BCUT2D eigenvalue weighted by atomic mass is 28.4. The standard InChI is InChI=1S/C12H22O5Si/c1-6-9-10-16-18(14-7-2,15-8-3)17-12(13)11(4)5/h6H,1,4,7-10H2,2-3,5H3. The molecule has 0 aromatic heterocycles. The van der Waals surface area contributed by atoms with Crippen LogP contribution in [0.1, 0.15) is 27.2 Å². The third-order valence-corrected chi connectivity index (χ3v) is 4.09. The zero-order valence-electron chi connectivity index (χ0n) is 11.4. The van der Waals surface area contributed by atoms with Crippen molar-refractivity contribution >= 4 is 15.0 Å². The molecule has 0 N–H and O–H groups in total. The Morgan fingerprint density at radius 3 is 2.17 bits per heavy atom. The molecular weight excluding hydrogens is 252 g/mol. The number of hydrogen-bond donors (Lipinski definition) is 0. The van der Waals surface area contributed by atoms with E-state index in [1.165, 1.54) is 0 Å². The van der Waals surface area contributed by atoms with Crippen LogP contribution in [0, 0.1) is 0 Å². The van der Waals surface area contributed by atoms with Gasteiger partial charge < -0.3 is 17.7 Å². The van der Waals surface area contributed by atoms with Crippen molar-refractivity contribution in [3.8, 4) is 0 Å². The molecule has 0 heterocycles. The van der Waals surface area contributed by atoms with E-state index in [9.17, 15) is 4.79 Å². The first kappa shape index (κ1) is 17.0. The minimum Gasteiger partial charge on any atom is -0.448 e. The molecule has 18 heavy (non-hydrogen) atoms. The smallest absolute Gasteiger partial charge is 0.448 e. The highest BCUT2D eigenvalue weighted by molar-refractivity contribution is 6.55. The molecule has 0 aliphatic heterocycles. The highest BCUT2D eigenvalue weighted by Crippen LogP contribution is 2.14. The molecule has 104 valence electrons. The van der Waals surface area contributed by atoms with Gasteiger partial charge in [0.05, 0.1) is 0 Å². The van der Waals surface area contributed by atoms with Crippen LogP contribution < -0.4 is 0 Å². The van der Waals surface area contributed by atoms with Gasteiger partial charge >= 0.3 is 15.0 Å². The quantitative estimate of drug-likeness (QED) is 0.264. The molecule has 0 fully saturated rings. The van der Waals surface area contributed by atoms with Gasteiger partial charge in [0, 0.05) is 25.4 Å². The van der Waals surface area contributed by atoms with E-state index < -0.39 is 15.0 Å². The first-order chi connectivity index (χ1) is 8.51. The summed E-state index contributed by atoms with van der Waals surface area (Å²) in [6.45, 7) is 13.2. The van der Waals surface area contributed by atoms with Crippen LogP contribution in [0.25, 0.3) is 0 Å². The molecule has 0 aromatic carbocycles. The van der Waals surface area contributed by atoms with E-state index in [0.717, 1.165) is 0 Å². The molecule has 0 bridgehead atoms. The fraction of sp³-hybridized carbons (Fsp3) is 0.583. The zero-order chi connectivity index (χ0) is 14.0. The van der Waals surface area contributed by atoms with Crippen LogP contribution in [0.3, 0.4) is 0 Å². The van der Waals surface area contributed by atoms with Gasteiger partial charge in [-0.15, -0.1) is 6.58 Å². The van der Waals surface area contributed by atoms with E-state index in [2.05, 4.69) is 13.2 Å². The summed E-state index contributed by atoms with van der Waals surface area (Å²) in [6.07, 6.45) is 2.33. The Balaban J connectivity index is 4.76. The second-order valence-electron chi connectivity index (χ2n) is 3.46. The molecule has 0 unspecified atom stereocenters. The van der Waals surface area contributed by atoms with E-state index >= 15 is 0 Å². The van der Waals surface area contributed by atoms with Gasteiger partial charge in [-0.3, -0.25) is 0 Å². The van der Waals surface area contributed by atoms with Crippen LogP contribution in [0.4, 0.5) is 0 Å². The maximum Gasteiger partial charge on any atom is 0.751 e. The lowest BCUT2D eigenvalue weighted by Crippen LogP contribution is -2.51. The Kier molecular flexibility index (Phi) is 8.56. The molecule has 0 amide bonds. The maximum atomic E-state index is 11.6. The van der Waals surface area contributed by atoms with Crippen molar-refractivity contribution in [3.63, 3.8) is 0 Å². The average molecular weight is 274 g/mol.